The van der Waals surface area contributed by atoms with Gasteiger partial charge in [-0.3, -0.25) is 4.79 Å². The number of anilines is 1. The quantitative estimate of drug-likeness (QED) is 0.721. The Morgan fingerprint density at radius 2 is 2.31 bits per heavy atom. The number of hydrogen-bond acceptors (Lipinski definition) is 3. The van der Waals surface area contributed by atoms with Crippen molar-refractivity contribution >= 4 is 11.7 Å². The molecule has 0 aromatic carbocycles. The molecular weight excluding hydrogens is 202 g/mol. The number of hydrogen-bond donors (Lipinski definition) is 1. The number of nitrogens with zero attached hydrogens (tertiary/aromatic N) is 2. The Labute approximate surface area is 94.3 Å². The molecule has 80 valence electrons. The van der Waals surface area contributed by atoms with Gasteiger partial charge in [-0.15, -0.1) is 0 Å². The molecule has 1 N–H and O–H groups in total. The minimum absolute atomic E-state index is 0.157. The summed E-state index contributed by atoms with van der Waals surface area (Å²) in [5.41, 5.74) is 1.50. The van der Waals surface area contributed by atoms with Gasteiger partial charge in [-0.05, 0) is 19.1 Å². The molecule has 0 spiro atoms. The van der Waals surface area contributed by atoms with E-state index < -0.39 is 0 Å². The molecule has 1 aromatic heterocycles. The number of pyridine rings is 1. The van der Waals surface area contributed by atoms with E-state index in [0.717, 1.165) is 11.3 Å². The van der Waals surface area contributed by atoms with Crippen LogP contribution in [0.25, 0.3) is 0 Å². The summed E-state index contributed by atoms with van der Waals surface area (Å²) in [4.78, 5) is 15.0. The molecule has 0 saturated carbocycles. The minimum atomic E-state index is -0.157. The van der Waals surface area contributed by atoms with Crippen LogP contribution >= 0.6 is 0 Å². The minimum Gasteiger partial charge on any atom is -0.311 e. The van der Waals surface area contributed by atoms with Crippen LogP contribution in [0.15, 0.2) is 12.1 Å². The van der Waals surface area contributed by atoms with Crippen molar-refractivity contribution in [2.24, 2.45) is 0 Å². The fraction of sp³-hybridized carbons (Fsp3) is 0.250. The van der Waals surface area contributed by atoms with E-state index in [1.807, 2.05) is 13.0 Å². The van der Waals surface area contributed by atoms with Gasteiger partial charge in [0.2, 0.25) is 5.91 Å². The number of aryl methyl sites for hydroxylation is 1. The second-order valence-electron chi connectivity index (χ2n) is 3.15. The molecule has 1 amide bonds. The molecule has 1 rings (SSSR count). The molecule has 4 nitrogen and oxygen atoms in total. The van der Waals surface area contributed by atoms with Crippen molar-refractivity contribution < 1.29 is 4.79 Å². The maximum absolute atomic E-state index is 10.8. The van der Waals surface area contributed by atoms with Crippen LogP contribution in [0.3, 0.4) is 0 Å². The second-order valence-corrected chi connectivity index (χ2v) is 3.15. The number of carbonyl (C=O) groups excluding carboxylic acids is 1. The third-order valence-electron chi connectivity index (χ3n) is 1.78. The lowest BCUT2D eigenvalue weighted by molar-refractivity contribution is -0.114. The van der Waals surface area contributed by atoms with Crippen molar-refractivity contribution in [2.75, 3.05) is 5.32 Å². The highest BCUT2D eigenvalue weighted by atomic mass is 16.1. The molecule has 4 heteroatoms. The van der Waals surface area contributed by atoms with E-state index in [9.17, 15) is 4.79 Å². The predicted octanol–water partition coefficient (Wildman–Crippen LogP) is 1.61. The van der Waals surface area contributed by atoms with E-state index in [4.69, 9.17) is 5.26 Å². The summed E-state index contributed by atoms with van der Waals surface area (Å²) in [5, 5.41) is 10.9. The zero-order valence-corrected chi connectivity index (χ0v) is 9.16. The van der Waals surface area contributed by atoms with Crippen LogP contribution in [0.4, 0.5) is 5.82 Å². The number of amides is 1. The Morgan fingerprint density at radius 3 is 2.88 bits per heavy atom. The van der Waals surface area contributed by atoms with E-state index in [1.54, 1.807) is 12.1 Å². The molecular formula is C12H11N3O. The van der Waals surface area contributed by atoms with Gasteiger partial charge in [-0.25, -0.2) is 4.98 Å². The first-order valence-corrected chi connectivity index (χ1v) is 4.74. The van der Waals surface area contributed by atoms with Crippen LogP contribution < -0.4 is 5.32 Å². The molecule has 0 bridgehead atoms. The highest BCUT2D eigenvalue weighted by Crippen LogP contribution is 2.09. The van der Waals surface area contributed by atoms with Gasteiger partial charge in [-0.1, -0.05) is 11.8 Å². The van der Waals surface area contributed by atoms with Crippen LogP contribution in [-0.4, -0.2) is 10.9 Å². The van der Waals surface area contributed by atoms with Gasteiger partial charge in [0.1, 0.15) is 5.82 Å². The fourth-order valence-corrected chi connectivity index (χ4v) is 1.12. The third-order valence-corrected chi connectivity index (χ3v) is 1.78. The SMILES string of the molecule is CC(=O)Nc1ccc(C#CCC#N)c(C)n1. The summed E-state index contributed by atoms with van der Waals surface area (Å²) < 4.78 is 0. The van der Waals surface area contributed by atoms with Crippen LogP contribution in [0, 0.1) is 30.1 Å². The average molecular weight is 213 g/mol. The van der Waals surface area contributed by atoms with Crippen molar-refractivity contribution in [3.63, 3.8) is 0 Å². The van der Waals surface area contributed by atoms with E-state index in [2.05, 4.69) is 22.1 Å². The van der Waals surface area contributed by atoms with Crippen molar-refractivity contribution in [1.29, 1.82) is 5.26 Å². The Hall–Kier alpha value is -2.33. The largest absolute Gasteiger partial charge is 0.311 e. The zero-order valence-electron chi connectivity index (χ0n) is 9.16. The van der Waals surface area contributed by atoms with Crippen molar-refractivity contribution in [3.05, 3.63) is 23.4 Å². The van der Waals surface area contributed by atoms with Crippen molar-refractivity contribution in [3.8, 4) is 17.9 Å². The lowest BCUT2D eigenvalue weighted by Gasteiger charge is -2.03. The highest BCUT2D eigenvalue weighted by molar-refractivity contribution is 5.87. The molecule has 0 aliphatic rings. The van der Waals surface area contributed by atoms with Crippen LogP contribution in [-0.2, 0) is 4.79 Å². The molecule has 0 aliphatic carbocycles. The first kappa shape index (κ1) is 11.7. The van der Waals surface area contributed by atoms with Crippen LogP contribution in [0.5, 0.6) is 0 Å². The molecule has 0 fully saturated rings. The van der Waals surface area contributed by atoms with Gasteiger partial charge in [0.15, 0.2) is 0 Å². The molecule has 0 atom stereocenters. The van der Waals surface area contributed by atoms with Crippen molar-refractivity contribution in [1.82, 2.24) is 4.98 Å². The number of rotatable bonds is 1. The van der Waals surface area contributed by atoms with E-state index in [1.165, 1.54) is 6.92 Å². The van der Waals surface area contributed by atoms with Crippen LogP contribution in [0.2, 0.25) is 0 Å². The normalized spacial score (nSPS) is 8.56. The Bertz CT molecular complexity index is 503. The van der Waals surface area contributed by atoms with Gasteiger partial charge in [0.25, 0.3) is 0 Å². The number of aromatic nitrogens is 1. The first-order chi connectivity index (χ1) is 7.63. The Balaban J connectivity index is 2.89. The maximum atomic E-state index is 10.8. The summed E-state index contributed by atoms with van der Waals surface area (Å²) in [6.07, 6.45) is 0.201. The molecule has 1 heterocycles. The molecule has 0 saturated heterocycles. The molecule has 16 heavy (non-hydrogen) atoms. The third kappa shape index (κ3) is 3.43. The number of nitrogens with one attached hydrogen (secondary N) is 1. The van der Waals surface area contributed by atoms with Crippen LogP contribution in [0.1, 0.15) is 24.6 Å². The number of carbonyl (C=O) groups is 1. The molecule has 0 unspecified atom stereocenters. The van der Waals surface area contributed by atoms with Gasteiger partial charge in [0.05, 0.1) is 18.2 Å². The highest BCUT2D eigenvalue weighted by Gasteiger charge is 2.00. The smallest absolute Gasteiger partial charge is 0.222 e. The predicted molar refractivity (Wildman–Crippen MR) is 60.4 cm³/mol. The summed E-state index contributed by atoms with van der Waals surface area (Å²) in [6.45, 7) is 3.24. The van der Waals surface area contributed by atoms with Crippen molar-refractivity contribution in [2.45, 2.75) is 20.3 Å². The molecule has 0 radical (unpaired) electrons. The average Bonchev–Trinajstić information content (AvgIpc) is 2.20. The Morgan fingerprint density at radius 1 is 1.56 bits per heavy atom. The summed E-state index contributed by atoms with van der Waals surface area (Å²) >= 11 is 0. The second kappa shape index (κ2) is 5.53. The Kier molecular flexibility index (Phi) is 4.06. The topological polar surface area (TPSA) is 65.8 Å². The first-order valence-electron chi connectivity index (χ1n) is 4.74. The molecule has 1 aromatic rings. The zero-order chi connectivity index (χ0) is 12.0. The lowest BCUT2D eigenvalue weighted by atomic mass is 10.2. The number of nitriles is 1. The van der Waals surface area contributed by atoms with Gasteiger partial charge < -0.3 is 5.32 Å². The molecule has 0 aliphatic heterocycles. The summed E-state index contributed by atoms with van der Waals surface area (Å²) in [7, 11) is 0. The maximum Gasteiger partial charge on any atom is 0.222 e. The van der Waals surface area contributed by atoms with Gasteiger partial charge >= 0.3 is 0 Å². The van der Waals surface area contributed by atoms with Gasteiger partial charge in [0, 0.05) is 12.5 Å². The van der Waals surface area contributed by atoms with Gasteiger partial charge in [-0.2, -0.15) is 5.26 Å². The summed E-state index contributed by atoms with van der Waals surface area (Å²) in [6, 6.07) is 5.40. The van der Waals surface area contributed by atoms with E-state index >= 15 is 0 Å². The monoisotopic (exact) mass is 213 g/mol. The standard InChI is InChI=1S/C12H11N3O/c1-9-11(5-3-4-8-13)6-7-12(14-9)15-10(2)16/h6-7H,4H2,1-2H3,(H,14,15,16). The fourth-order valence-electron chi connectivity index (χ4n) is 1.12. The van der Waals surface area contributed by atoms with E-state index in [0.29, 0.717) is 5.82 Å². The lowest BCUT2D eigenvalue weighted by Crippen LogP contribution is -2.08. The van der Waals surface area contributed by atoms with E-state index in [-0.39, 0.29) is 12.3 Å². The summed E-state index contributed by atoms with van der Waals surface area (Å²) in [5.74, 6) is 5.91.